The van der Waals surface area contributed by atoms with E-state index in [0.29, 0.717) is 24.4 Å². The van der Waals surface area contributed by atoms with Gasteiger partial charge in [-0.1, -0.05) is 30.3 Å². The molecule has 4 rings (SSSR count). The minimum absolute atomic E-state index is 0.135. The van der Waals surface area contributed by atoms with Crippen molar-refractivity contribution in [3.63, 3.8) is 0 Å². The van der Waals surface area contributed by atoms with E-state index in [1.165, 1.54) is 22.5 Å². The minimum atomic E-state index is -3.96. The van der Waals surface area contributed by atoms with Crippen LogP contribution < -0.4 is 10.1 Å². The number of nitrogens with zero attached hydrogens (tertiary/aromatic N) is 3. The first-order valence-corrected chi connectivity index (χ1v) is 12.4. The van der Waals surface area contributed by atoms with E-state index in [1.807, 2.05) is 35.9 Å². The Morgan fingerprint density at radius 1 is 1.15 bits per heavy atom. The Labute approximate surface area is 198 Å². The number of imidazole rings is 1. The number of amides is 1. The summed E-state index contributed by atoms with van der Waals surface area (Å²) >= 11 is 0. The SMILES string of the molecule is COc1ccccc1[C@H](NC(=O)C1CCN(S(=O)(=O)c2ccccc2F)CC1)c1nccn1C. The molecule has 1 atom stereocenters. The summed E-state index contributed by atoms with van der Waals surface area (Å²) in [4.78, 5) is 17.3. The summed E-state index contributed by atoms with van der Waals surface area (Å²) in [7, 11) is -0.540. The molecule has 10 heteroatoms. The molecule has 8 nitrogen and oxygen atoms in total. The highest BCUT2D eigenvalue weighted by Gasteiger charge is 2.35. The van der Waals surface area contributed by atoms with Crippen LogP contribution in [0.1, 0.15) is 30.3 Å². The molecule has 0 aliphatic carbocycles. The molecule has 1 amide bonds. The summed E-state index contributed by atoms with van der Waals surface area (Å²) in [6.07, 6.45) is 4.13. The summed E-state index contributed by atoms with van der Waals surface area (Å²) in [5.74, 6) is -0.0810. The van der Waals surface area contributed by atoms with Crippen LogP contribution in [-0.4, -0.2) is 48.4 Å². The molecule has 0 saturated carbocycles. The summed E-state index contributed by atoms with van der Waals surface area (Å²) in [6.45, 7) is 0.271. The number of sulfonamides is 1. The molecule has 180 valence electrons. The molecule has 1 aliphatic heterocycles. The van der Waals surface area contributed by atoms with Crippen LogP contribution in [0.5, 0.6) is 5.75 Å². The number of aryl methyl sites for hydroxylation is 1. The molecule has 1 aromatic heterocycles. The third-order valence-corrected chi connectivity index (χ3v) is 8.06. The zero-order chi connectivity index (χ0) is 24.3. The van der Waals surface area contributed by atoms with Gasteiger partial charge in [0, 0.05) is 44.0 Å². The van der Waals surface area contributed by atoms with Crippen LogP contribution in [0, 0.1) is 11.7 Å². The zero-order valence-corrected chi connectivity index (χ0v) is 19.8. The Hall–Kier alpha value is -3.24. The zero-order valence-electron chi connectivity index (χ0n) is 19.0. The molecule has 0 spiro atoms. The van der Waals surface area contributed by atoms with Crippen molar-refractivity contribution in [2.45, 2.75) is 23.8 Å². The first-order chi connectivity index (χ1) is 16.3. The van der Waals surface area contributed by atoms with Crippen molar-refractivity contribution in [3.8, 4) is 5.75 Å². The normalized spacial score (nSPS) is 16.2. The van der Waals surface area contributed by atoms with E-state index >= 15 is 0 Å². The number of hydrogen-bond donors (Lipinski definition) is 1. The lowest BCUT2D eigenvalue weighted by Crippen LogP contribution is -2.44. The Balaban J connectivity index is 1.50. The number of methoxy groups -OCH3 is 1. The summed E-state index contributed by atoms with van der Waals surface area (Å²) in [5.41, 5.74) is 0.771. The molecule has 0 radical (unpaired) electrons. The van der Waals surface area contributed by atoms with Crippen molar-refractivity contribution in [1.82, 2.24) is 19.2 Å². The molecule has 1 saturated heterocycles. The number of halogens is 1. The van der Waals surface area contributed by atoms with Crippen molar-refractivity contribution in [3.05, 3.63) is 78.1 Å². The molecule has 1 N–H and O–H groups in total. The highest BCUT2D eigenvalue weighted by molar-refractivity contribution is 7.89. The number of nitrogens with one attached hydrogen (secondary N) is 1. The number of piperidine rings is 1. The second-order valence-corrected chi connectivity index (χ2v) is 10.1. The molecular weight excluding hydrogens is 459 g/mol. The maximum absolute atomic E-state index is 14.1. The van der Waals surface area contributed by atoms with Gasteiger partial charge < -0.3 is 14.6 Å². The Kier molecular flexibility index (Phi) is 6.99. The minimum Gasteiger partial charge on any atom is -0.496 e. The second kappa shape index (κ2) is 9.94. The number of benzene rings is 2. The van der Waals surface area contributed by atoms with Crippen LogP contribution in [0.2, 0.25) is 0 Å². The molecule has 1 fully saturated rings. The van der Waals surface area contributed by atoms with Crippen LogP contribution in [0.4, 0.5) is 4.39 Å². The van der Waals surface area contributed by atoms with E-state index in [4.69, 9.17) is 4.74 Å². The molecular formula is C24H27FN4O4S. The largest absolute Gasteiger partial charge is 0.496 e. The lowest BCUT2D eigenvalue weighted by molar-refractivity contribution is -0.126. The van der Waals surface area contributed by atoms with Crippen molar-refractivity contribution >= 4 is 15.9 Å². The van der Waals surface area contributed by atoms with Crippen LogP contribution >= 0.6 is 0 Å². The van der Waals surface area contributed by atoms with Crippen LogP contribution in [0.25, 0.3) is 0 Å². The number of carbonyl (C=O) groups excluding carboxylic acids is 1. The average molecular weight is 487 g/mol. The molecule has 2 aromatic carbocycles. The molecule has 3 aromatic rings. The first kappa shape index (κ1) is 23.9. The van der Waals surface area contributed by atoms with Gasteiger partial charge in [-0.25, -0.2) is 17.8 Å². The van der Waals surface area contributed by atoms with Gasteiger partial charge in [0.25, 0.3) is 0 Å². The Bertz CT molecular complexity index is 1270. The third-order valence-electron chi connectivity index (χ3n) is 6.13. The Morgan fingerprint density at radius 2 is 1.82 bits per heavy atom. The number of rotatable bonds is 7. The van der Waals surface area contributed by atoms with Crippen LogP contribution in [0.15, 0.2) is 65.8 Å². The smallest absolute Gasteiger partial charge is 0.245 e. The van der Waals surface area contributed by atoms with Crippen molar-refractivity contribution in [2.24, 2.45) is 13.0 Å². The fraction of sp³-hybridized carbons (Fsp3) is 0.333. The van der Waals surface area contributed by atoms with Crippen LogP contribution in [-0.2, 0) is 21.9 Å². The predicted octanol–water partition coefficient (Wildman–Crippen LogP) is 2.87. The van der Waals surface area contributed by atoms with Gasteiger partial charge in [0.2, 0.25) is 15.9 Å². The standard InChI is InChI=1S/C24H27FN4O4S/c1-28-16-13-26-23(28)22(18-7-3-5-9-20(18)33-2)27-24(30)17-11-14-29(15-12-17)34(31,32)21-10-6-4-8-19(21)25/h3-10,13,16-17,22H,11-12,14-15H2,1-2H3,(H,27,30)/t22-/m0/s1. The van der Waals surface area contributed by atoms with Gasteiger partial charge in [-0.15, -0.1) is 0 Å². The molecule has 1 aliphatic rings. The quantitative estimate of drug-likeness (QED) is 0.554. The molecule has 0 unspecified atom stereocenters. The van der Waals surface area contributed by atoms with E-state index in [-0.39, 0.29) is 29.8 Å². The van der Waals surface area contributed by atoms with E-state index < -0.39 is 21.9 Å². The summed E-state index contributed by atoms with van der Waals surface area (Å²) < 4.78 is 48.4. The number of hydrogen-bond acceptors (Lipinski definition) is 5. The van der Waals surface area contributed by atoms with Crippen molar-refractivity contribution < 1.29 is 22.3 Å². The van der Waals surface area contributed by atoms with Crippen LogP contribution in [0.3, 0.4) is 0 Å². The highest BCUT2D eigenvalue weighted by Crippen LogP contribution is 2.31. The maximum atomic E-state index is 14.1. The lowest BCUT2D eigenvalue weighted by atomic mass is 9.96. The molecule has 2 heterocycles. The molecule has 0 bridgehead atoms. The first-order valence-electron chi connectivity index (χ1n) is 11.0. The number of carbonyl (C=O) groups is 1. The van der Waals surface area contributed by atoms with E-state index in [9.17, 15) is 17.6 Å². The predicted molar refractivity (Wildman–Crippen MR) is 124 cm³/mol. The fourth-order valence-electron chi connectivity index (χ4n) is 4.25. The van der Waals surface area contributed by atoms with E-state index in [2.05, 4.69) is 10.3 Å². The summed E-state index contributed by atoms with van der Waals surface area (Å²) in [6, 6.07) is 12.2. The summed E-state index contributed by atoms with van der Waals surface area (Å²) in [5, 5.41) is 3.09. The Morgan fingerprint density at radius 3 is 2.47 bits per heavy atom. The maximum Gasteiger partial charge on any atom is 0.245 e. The van der Waals surface area contributed by atoms with Gasteiger partial charge in [-0.2, -0.15) is 4.31 Å². The highest BCUT2D eigenvalue weighted by atomic mass is 32.2. The number of ether oxygens (including phenoxy) is 1. The monoisotopic (exact) mass is 486 g/mol. The fourth-order valence-corrected chi connectivity index (χ4v) is 5.79. The van der Waals surface area contributed by atoms with Gasteiger partial charge in [0.15, 0.2) is 0 Å². The van der Waals surface area contributed by atoms with Gasteiger partial charge >= 0.3 is 0 Å². The van der Waals surface area contributed by atoms with Crippen molar-refractivity contribution in [1.29, 1.82) is 0 Å². The molecule has 34 heavy (non-hydrogen) atoms. The van der Waals surface area contributed by atoms with Gasteiger partial charge in [-0.05, 0) is 31.0 Å². The van der Waals surface area contributed by atoms with Gasteiger partial charge in [0.05, 0.1) is 7.11 Å². The van der Waals surface area contributed by atoms with Gasteiger partial charge in [0.1, 0.15) is 28.3 Å². The van der Waals surface area contributed by atoms with Gasteiger partial charge in [-0.3, -0.25) is 4.79 Å². The van der Waals surface area contributed by atoms with Crippen molar-refractivity contribution in [2.75, 3.05) is 20.2 Å². The average Bonchev–Trinajstić information content (AvgIpc) is 3.28. The lowest BCUT2D eigenvalue weighted by Gasteiger charge is -2.31. The number of aromatic nitrogens is 2. The third kappa shape index (κ3) is 4.69. The topological polar surface area (TPSA) is 93.5 Å². The van der Waals surface area contributed by atoms with E-state index in [1.54, 1.807) is 19.5 Å². The second-order valence-electron chi connectivity index (χ2n) is 8.19. The van der Waals surface area contributed by atoms with E-state index in [0.717, 1.165) is 11.6 Å². The number of para-hydroxylation sites is 1.